The molecule has 54 heavy (non-hydrogen) atoms. The average molecular weight is 760 g/mol. The van der Waals surface area contributed by atoms with Crippen molar-refractivity contribution in [3.63, 3.8) is 0 Å². The van der Waals surface area contributed by atoms with Crippen molar-refractivity contribution in [1.82, 2.24) is 30.7 Å². The van der Waals surface area contributed by atoms with Gasteiger partial charge in [0.2, 0.25) is 29.5 Å². The molecule has 1 aromatic carbocycles. The van der Waals surface area contributed by atoms with Gasteiger partial charge in [-0.15, -0.1) is 0 Å². The number of nitrogens with zero attached hydrogens (tertiary/aromatic N) is 3. The monoisotopic (exact) mass is 760 g/mol. The van der Waals surface area contributed by atoms with Crippen LogP contribution < -0.4 is 21.7 Å². The van der Waals surface area contributed by atoms with Gasteiger partial charge in [-0.1, -0.05) is 67.0 Å². The van der Waals surface area contributed by atoms with Crippen LogP contribution in [0.2, 0.25) is 0 Å². The highest BCUT2D eigenvalue weighted by Crippen LogP contribution is 2.29. The van der Waals surface area contributed by atoms with Gasteiger partial charge in [0.15, 0.2) is 0 Å². The van der Waals surface area contributed by atoms with E-state index in [2.05, 4.69) is 16.0 Å². The van der Waals surface area contributed by atoms with Crippen LogP contribution in [0.4, 0.5) is 5.69 Å². The van der Waals surface area contributed by atoms with Crippen LogP contribution in [0.5, 0.6) is 0 Å². The molecule has 1 aliphatic heterocycles. The number of carbonyl (C=O) groups excluding carboxylic acids is 5. The smallest absolute Gasteiger partial charge is 0.245 e. The summed E-state index contributed by atoms with van der Waals surface area (Å²) >= 11 is 0. The molecular formula is C40H69N7O7. The van der Waals surface area contributed by atoms with Gasteiger partial charge in [0.25, 0.3) is 0 Å². The lowest BCUT2D eigenvalue weighted by atomic mass is 9.89. The standard InChI is InChI=1S/C40H69N7O7/c1-13-26(6)36(46(10)40(52)34(24(2)3)44-39(51)35(25(4)5)45(8)9)31(53-11)21-33(49)47-20-14-15-30(47)37(54-12)27(7)38(50)43-23-32(48)42-22-28-16-18-29(41)19-17-28/h16-19,24-27,30-31,34-37H,13-15,20-23,41H2,1-12H3,(H,42,48)(H,43,50)(H,44,51)/t26-,27+,30-,31+,34?,35-,36-,37+/m0/s1. The number of nitrogens with one attached hydrogen (secondary N) is 3. The predicted octanol–water partition coefficient (Wildman–Crippen LogP) is 2.65. The fourth-order valence-electron chi connectivity index (χ4n) is 7.64. The van der Waals surface area contributed by atoms with E-state index < -0.39 is 36.3 Å². The van der Waals surface area contributed by atoms with Crippen LogP contribution in [0.15, 0.2) is 24.3 Å². The Balaban J connectivity index is 2.17. The summed E-state index contributed by atoms with van der Waals surface area (Å²) in [6.45, 7) is 14.2. The zero-order chi connectivity index (χ0) is 40.9. The fraction of sp³-hybridized carbons (Fsp3) is 0.725. The summed E-state index contributed by atoms with van der Waals surface area (Å²) < 4.78 is 11.9. The minimum absolute atomic E-state index is 0.0135. The Morgan fingerprint density at radius 3 is 2.06 bits per heavy atom. The zero-order valence-electron chi connectivity index (χ0n) is 34.8. The molecule has 5 amide bonds. The van der Waals surface area contributed by atoms with E-state index in [4.69, 9.17) is 15.2 Å². The van der Waals surface area contributed by atoms with Gasteiger partial charge in [-0.2, -0.15) is 0 Å². The summed E-state index contributed by atoms with van der Waals surface area (Å²) in [5.74, 6) is -2.11. The van der Waals surface area contributed by atoms with Crippen molar-refractivity contribution in [3.8, 4) is 0 Å². The van der Waals surface area contributed by atoms with Crippen LogP contribution in [0.25, 0.3) is 0 Å². The minimum atomic E-state index is -0.767. The molecule has 1 fully saturated rings. The Hall–Kier alpha value is -3.75. The molecule has 14 nitrogen and oxygen atoms in total. The maximum absolute atomic E-state index is 14.2. The van der Waals surface area contributed by atoms with Crippen LogP contribution in [0.1, 0.15) is 79.7 Å². The molecular weight excluding hydrogens is 690 g/mol. The zero-order valence-corrected chi connectivity index (χ0v) is 34.8. The van der Waals surface area contributed by atoms with E-state index in [-0.39, 0.29) is 66.3 Å². The second kappa shape index (κ2) is 22.0. The molecule has 0 bridgehead atoms. The lowest BCUT2D eigenvalue weighted by molar-refractivity contribution is -0.148. The van der Waals surface area contributed by atoms with Gasteiger partial charge in [0.05, 0.1) is 49.2 Å². The summed E-state index contributed by atoms with van der Waals surface area (Å²) in [4.78, 5) is 72.8. The topological polar surface area (TPSA) is 176 Å². The van der Waals surface area contributed by atoms with Gasteiger partial charge in [-0.05, 0) is 62.4 Å². The van der Waals surface area contributed by atoms with Crippen LogP contribution in [0.3, 0.4) is 0 Å². The summed E-state index contributed by atoms with van der Waals surface area (Å²) in [5.41, 5.74) is 7.24. The maximum atomic E-state index is 14.2. The third-order valence-corrected chi connectivity index (χ3v) is 10.8. The molecule has 0 saturated carbocycles. The summed E-state index contributed by atoms with van der Waals surface area (Å²) in [5, 5.41) is 8.53. The maximum Gasteiger partial charge on any atom is 0.245 e. The molecule has 1 heterocycles. The Labute approximate surface area is 323 Å². The van der Waals surface area contributed by atoms with Crippen LogP contribution in [0, 0.1) is 23.7 Å². The van der Waals surface area contributed by atoms with E-state index in [9.17, 15) is 24.0 Å². The van der Waals surface area contributed by atoms with Crippen molar-refractivity contribution in [2.45, 2.75) is 117 Å². The fourth-order valence-corrected chi connectivity index (χ4v) is 7.64. The Kier molecular flexibility index (Phi) is 18.9. The number of nitrogens with two attached hydrogens (primary N) is 1. The first-order valence-corrected chi connectivity index (χ1v) is 19.4. The van der Waals surface area contributed by atoms with E-state index >= 15 is 0 Å². The normalized spacial score (nSPS) is 18.4. The highest BCUT2D eigenvalue weighted by molar-refractivity contribution is 5.90. The van der Waals surface area contributed by atoms with Crippen LogP contribution >= 0.6 is 0 Å². The van der Waals surface area contributed by atoms with Crippen molar-refractivity contribution in [1.29, 1.82) is 0 Å². The van der Waals surface area contributed by atoms with E-state index in [1.165, 1.54) is 7.11 Å². The lowest BCUT2D eigenvalue weighted by Gasteiger charge is -2.41. The Morgan fingerprint density at radius 1 is 0.907 bits per heavy atom. The van der Waals surface area contributed by atoms with Gasteiger partial charge in [0.1, 0.15) is 6.04 Å². The van der Waals surface area contributed by atoms with E-state index in [0.717, 1.165) is 18.4 Å². The Bertz CT molecular complexity index is 1360. The molecule has 0 radical (unpaired) electrons. The van der Waals surface area contributed by atoms with Gasteiger partial charge in [-0.25, -0.2) is 0 Å². The molecule has 1 aromatic rings. The van der Waals surface area contributed by atoms with Crippen molar-refractivity contribution in [3.05, 3.63) is 29.8 Å². The molecule has 1 aliphatic rings. The average Bonchev–Trinajstić information content (AvgIpc) is 3.61. The van der Waals surface area contributed by atoms with Crippen molar-refractivity contribution >= 4 is 35.2 Å². The molecule has 306 valence electrons. The summed E-state index contributed by atoms with van der Waals surface area (Å²) in [6, 6.07) is 5.17. The number of anilines is 1. The molecule has 14 heteroatoms. The number of likely N-dealkylation sites (tertiary alicyclic amines) is 1. The number of ether oxygens (including phenoxy) is 2. The van der Waals surface area contributed by atoms with Gasteiger partial charge >= 0.3 is 0 Å². The lowest BCUT2D eigenvalue weighted by Crippen LogP contribution is -2.59. The number of likely N-dealkylation sites (N-methyl/N-ethyl adjacent to an activating group) is 2. The number of methoxy groups -OCH3 is 2. The molecule has 0 aliphatic carbocycles. The number of benzene rings is 1. The van der Waals surface area contributed by atoms with Crippen molar-refractivity contribution in [2.24, 2.45) is 23.7 Å². The first kappa shape index (κ1) is 46.4. The number of nitrogen functional groups attached to an aromatic ring is 1. The molecule has 2 rings (SSSR count). The number of rotatable bonds is 21. The summed E-state index contributed by atoms with van der Waals surface area (Å²) in [6.07, 6.45) is 0.883. The second-order valence-electron chi connectivity index (χ2n) is 15.7. The third-order valence-electron chi connectivity index (χ3n) is 10.8. The summed E-state index contributed by atoms with van der Waals surface area (Å²) in [7, 11) is 8.50. The molecule has 0 spiro atoms. The van der Waals surface area contributed by atoms with E-state index in [0.29, 0.717) is 25.2 Å². The first-order valence-electron chi connectivity index (χ1n) is 19.4. The third kappa shape index (κ3) is 12.7. The number of hydrogen-bond donors (Lipinski definition) is 4. The van der Waals surface area contributed by atoms with Gasteiger partial charge < -0.3 is 41.0 Å². The highest BCUT2D eigenvalue weighted by atomic mass is 16.5. The number of carbonyl (C=O) groups is 5. The largest absolute Gasteiger partial charge is 0.399 e. The van der Waals surface area contributed by atoms with E-state index in [1.54, 1.807) is 43.0 Å². The van der Waals surface area contributed by atoms with Gasteiger partial charge in [0, 0.05) is 40.0 Å². The van der Waals surface area contributed by atoms with Gasteiger partial charge in [-0.3, -0.25) is 28.9 Å². The molecule has 1 saturated heterocycles. The van der Waals surface area contributed by atoms with E-state index in [1.807, 2.05) is 72.7 Å². The number of hydrogen-bond acceptors (Lipinski definition) is 9. The van der Waals surface area contributed by atoms with Crippen LogP contribution in [-0.2, 0) is 40.0 Å². The molecule has 1 unspecified atom stereocenters. The van der Waals surface area contributed by atoms with Crippen molar-refractivity contribution < 1.29 is 33.4 Å². The highest BCUT2D eigenvalue weighted by Gasteiger charge is 2.43. The molecule has 8 atom stereocenters. The molecule has 0 aromatic heterocycles. The molecule has 5 N–H and O–H groups in total. The van der Waals surface area contributed by atoms with Crippen LogP contribution in [-0.4, -0.2) is 129 Å². The SMILES string of the molecule is CC[C@H](C)[C@@H]([C@@H](CC(=O)N1CCC[C@H]1[C@H](OC)[C@@H](C)C(=O)NCC(=O)NCc1ccc(N)cc1)OC)N(C)C(=O)C(NC(=O)[C@H](C(C)C)N(C)C)C(C)C. The minimum Gasteiger partial charge on any atom is -0.399 e. The predicted molar refractivity (Wildman–Crippen MR) is 211 cm³/mol. The second-order valence-corrected chi connectivity index (χ2v) is 15.7. The van der Waals surface area contributed by atoms with Crippen molar-refractivity contribution in [2.75, 3.05) is 54.2 Å². The first-order chi connectivity index (χ1) is 25.4. The Morgan fingerprint density at radius 2 is 1.54 bits per heavy atom. The quantitative estimate of drug-likeness (QED) is 0.137. The number of amides is 5.